The number of methoxy groups -OCH3 is 1. The first kappa shape index (κ1) is 31.7. The monoisotopic (exact) mass is 599 g/mol. The molecule has 13 heteroatoms. The maximum absolute atomic E-state index is 15.0. The number of H-pyrrole nitrogens is 1. The number of nitrogens with zero attached hydrogens (tertiary/aromatic N) is 4. The van der Waals surface area contributed by atoms with E-state index in [9.17, 15) is 18.7 Å². The fraction of sp³-hybridized carbons (Fsp3) is 0.433. The number of aliphatic imine (C=N–C) groups is 1. The average molecular weight is 600 g/mol. The number of ether oxygens (including phenoxy) is 2. The quantitative estimate of drug-likeness (QED) is 0.218. The van der Waals surface area contributed by atoms with Crippen LogP contribution in [0.3, 0.4) is 0 Å². The lowest BCUT2D eigenvalue weighted by molar-refractivity contribution is -0.117. The van der Waals surface area contributed by atoms with Gasteiger partial charge in [0, 0.05) is 43.0 Å². The first-order valence-electron chi connectivity index (χ1n) is 14.0. The van der Waals surface area contributed by atoms with Crippen molar-refractivity contribution in [2.45, 2.75) is 33.6 Å². The van der Waals surface area contributed by atoms with Crippen molar-refractivity contribution in [3.63, 3.8) is 0 Å². The van der Waals surface area contributed by atoms with Gasteiger partial charge < -0.3 is 35.4 Å². The summed E-state index contributed by atoms with van der Waals surface area (Å²) in [5.74, 6) is -1.12. The van der Waals surface area contributed by atoms with Gasteiger partial charge in [0.05, 0.1) is 44.8 Å². The molecule has 0 aliphatic carbocycles. The topological polar surface area (TPSA) is 141 Å². The maximum atomic E-state index is 15.0. The second-order valence-corrected chi connectivity index (χ2v) is 11.5. The zero-order valence-electron chi connectivity index (χ0n) is 24.9. The average Bonchev–Trinajstić information content (AvgIpc) is 3.37. The predicted molar refractivity (Wildman–Crippen MR) is 161 cm³/mol. The SMILES string of the molecule is COc1cc2c(cc1OCCCN(CCO)CC(C)(C)C)NCN(c1cccc(F)c1F)C2=Nc1cc(CC(N)=O)[nH]n1. The van der Waals surface area contributed by atoms with E-state index in [2.05, 4.69) is 46.2 Å². The number of rotatable bonds is 13. The molecule has 1 aromatic heterocycles. The van der Waals surface area contributed by atoms with Gasteiger partial charge in [0.15, 0.2) is 29.0 Å². The summed E-state index contributed by atoms with van der Waals surface area (Å²) in [7, 11) is 1.52. The molecule has 0 fully saturated rings. The zero-order chi connectivity index (χ0) is 31.1. The third-order valence-corrected chi connectivity index (χ3v) is 6.64. The Morgan fingerprint density at radius 2 is 2.00 bits per heavy atom. The van der Waals surface area contributed by atoms with E-state index in [-0.39, 0.29) is 42.5 Å². The van der Waals surface area contributed by atoms with E-state index in [0.717, 1.165) is 25.6 Å². The number of amidine groups is 1. The Hall–Kier alpha value is -4.23. The van der Waals surface area contributed by atoms with Gasteiger partial charge in [-0.2, -0.15) is 5.10 Å². The minimum absolute atomic E-state index is 0.0215. The molecule has 0 atom stereocenters. The van der Waals surface area contributed by atoms with E-state index < -0.39 is 17.5 Å². The van der Waals surface area contributed by atoms with Crippen LogP contribution in [0.2, 0.25) is 0 Å². The molecular formula is C30H39F2N7O4. The van der Waals surface area contributed by atoms with Crippen LogP contribution in [0.1, 0.15) is 38.4 Å². The first-order valence-corrected chi connectivity index (χ1v) is 14.0. The molecule has 1 amide bonds. The summed E-state index contributed by atoms with van der Waals surface area (Å²) in [4.78, 5) is 19.7. The minimum Gasteiger partial charge on any atom is -0.493 e. The number of hydrogen-bond donors (Lipinski definition) is 4. The van der Waals surface area contributed by atoms with Gasteiger partial charge in [0.25, 0.3) is 0 Å². The lowest BCUT2D eigenvalue weighted by atomic mass is 9.96. The third-order valence-electron chi connectivity index (χ3n) is 6.64. The molecule has 3 aromatic rings. The molecule has 4 rings (SSSR count). The van der Waals surface area contributed by atoms with Crippen LogP contribution in [0.5, 0.6) is 11.5 Å². The van der Waals surface area contributed by atoms with Crippen LogP contribution in [-0.4, -0.2) is 78.6 Å². The fourth-order valence-electron chi connectivity index (χ4n) is 4.91. The number of aromatic amines is 1. The number of aromatic nitrogens is 2. The molecule has 0 saturated heterocycles. The number of nitrogens with one attached hydrogen (secondary N) is 2. The van der Waals surface area contributed by atoms with Crippen molar-refractivity contribution in [2.24, 2.45) is 16.1 Å². The van der Waals surface area contributed by atoms with Crippen LogP contribution in [0.4, 0.5) is 26.0 Å². The summed E-state index contributed by atoms with van der Waals surface area (Å²) in [5.41, 5.74) is 7.02. The van der Waals surface area contributed by atoms with Gasteiger partial charge in [-0.3, -0.25) is 9.89 Å². The van der Waals surface area contributed by atoms with Crippen LogP contribution in [-0.2, 0) is 11.2 Å². The molecule has 0 bridgehead atoms. The molecule has 0 unspecified atom stereocenters. The van der Waals surface area contributed by atoms with Crippen LogP contribution in [0.25, 0.3) is 0 Å². The van der Waals surface area contributed by atoms with Crippen molar-refractivity contribution in [3.8, 4) is 11.5 Å². The molecule has 1 aliphatic heterocycles. The van der Waals surface area contributed by atoms with Crippen LogP contribution in [0.15, 0.2) is 41.4 Å². The second kappa shape index (κ2) is 13.8. The number of amides is 1. The third kappa shape index (κ3) is 8.20. The predicted octanol–water partition coefficient (Wildman–Crippen LogP) is 3.80. The van der Waals surface area contributed by atoms with E-state index in [1.165, 1.54) is 24.1 Å². The van der Waals surface area contributed by atoms with Crippen molar-refractivity contribution in [3.05, 3.63) is 59.3 Å². The molecule has 0 saturated carbocycles. The van der Waals surface area contributed by atoms with Crippen LogP contribution in [0, 0.1) is 17.0 Å². The Morgan fingerprint density at radius 1 is 1.21 bits per heavy atom. The normalized spacial score (nSPS) is 14.1. The minimum atomic E-state index is -1.02. The standard InChI is InChI=1S/C30H39F2N7O4/c1-30(2,3)17-38(10-11-40)9-6-12-43-25-16-22-20(15-24(25)42-4)29(35-27-14-19(36-37-27)13-26(33)41)39(18-34-22)23-8-5-7-21(31)28(23)32/h5,7-8,14-16,34,40H,6,9-13,17-18H2,1-4H3,(H2,33,41)(H,36,37). The van der Waals surface area contributed by atoms with E-state index in [1.807, 2.05) is 0 Å². The maximum Gasteiger partial charge on any atom is 0.223 e. The highest BCUT2D eigenvalue weighted by molar-refractivity contribution is 6.16. The summed E-state index contributed by atoms with van der Waals surface area (Å²) in [6.45, 7) is 9.25. The highest BCUT2D eigenvalue weighted by Gasteiger charge is 2.29. The Morgan fingerprint density at radius 3 is 2.70 bits per heavy atom. The number of nitrogens with two attached hydrogens (primary N) is 1. The smallest absolute Gasteiger partial charge is 0.223 e. The van der Waals surface area contributed by atoms with E-state index in [4.69, 9.17) is 15.2 Å². The van der Waals surface area contributed by atoms with Crippen LogP contribution < -0.4 is 25.4 Å². The van der Waals surface area contributed by atoms with Gasteiger partial charge in [-0.15, -0.1) is 0 Å². The molecule has 0 spiro atoms. The van der Waals surface area contributed by atoms with Gasteiger partial charge in [-0.25, -0.2) is 13.8 Å². The number of benzene rings is 2. The summed E-state index contributed by atoms with van der Waals surface area (Å²) in [5, 5.41) is 19.6. The number of carbonyl (C=O) groups is 1. The van der Waals surface area contributed by atoms with Gasteiger partial charge in [0.1, 0.15) is 5.84 Å². The van der Waals surface area contributed by atoms with Crippen molar-refractivity contribution in [1.82, 2.24) is 15.1 Å². The molecular weight excluding hydrogens is 560 g/mol. The Labute approximate surface area is 249 Å². The van der Waals surface area contributed by atoms with Crippen molar-refractivity contribution in [1.29, 1.82) is 0 Å². The molecule has 11 nitrogen and oxygen atoms in total. The summed E-state index contributed by atoms with van der Waals surface area (Å²) in [6.07, 6.45) is 0.677. The van der Waals surface area contributed by atoms with Gasteiger partial charge in [-0.1, -0.05) is 26.8 Å². The lowest BCUT2D eigenvalue weighted by Crippen LogP contribution is -2.41. The van der Waals surface area contributed by atoms with Gasteiger partial charge >= 0.3 is 0 Å². The van der Waals surface area contributed by atoms with E-state index >= 15 is 0 Å². The largest absolute Gasteiger partial charge is 0.493 e. The number of fused-ring (bicyclic) bond motifs is 1. The van der Waals surface area contributed by atoms with Gasteiger partial charge in [0.2, 0.25) is 5.91 Å². The van der Waals surface area contributed by atoms with E-state index in [1.54, 1.807) is 18.2 Å². The number of aliphatic hydroxyl groups is 1. The number of anilines is 2. The van der Waals surface area contributed by atoms with E-state index in [0.29, 0.717) is 41.6 Å². The lowest BCUT2D eigenvalue weighted by Gasteiger charge is -2.33. The molecule has 2 aromatic carbocycles. The molecule has 5 N–H and O–H groups in total. The number of hydrogen-bond acceptors (Lipinski definition) is 8. The number of aliphatic hydroxyl groups excluding tert-OH is 1. The highest BCUT2D eigenvalue weighted by atomic mass is 19.2. The molecule has 232 valence electrons. The molecule has 0 radical (unpaired) electrons. The van der Waals surface area contributed by atoms with Crippen LogP contribution >= 0.6 is 0 Å². The Balaban J connectivity index is 1.63. The molecule has 43 heavy (non-hydrogen) atoms. The molecule has 1 aliphatic rings. The fourth-order valence-corrected chi connectivity index (χ4v) is 4.91. The summed E-state index contributed by atoms with van der Waals surface area (Å²) in [6, 6.07) is 8.98. The second-order valence-electron chi connectivity index (χ2n) is 11.5. The summed E-state index contributed by atoms with van der Waals surface area (Å²) < 4.78 is 41.0. The summed E-state index contributed by atoms with van der Waals surface area (Å²) >= 11 is 0. The van der Waals surface area contributed by atoms with Crippen molar-refractivity contribution in [2.75, 3.05) is 56.8 Å². The number of halogens is 2. The Kier molecular flexibility index (Phi) is 10.2. The van der Waals surface area contributed by atoms with Crippen molar-refractivity contribution < 1.29 is 28.2 Å². The Bertz CT molecular complexity index is 1450. The molecule has 2 heterocycles. The number of primary amides is 1. The first-order chi connectivity index (χ1) is 20.5. The zero-order valence-corrected chi connectivity index (χ0v) is 24.9. The van der Waals surface area contributed by atoms with Crippen molar-refractivity contribution >= 4 is 28.9 Å². The number of carbonyl (C=O) groups excluding carboxylic acids is 1. The highest BCUT2D eigenvalue weighted by Crippen LogP contribution is 2.38. The van der Waals surface area contributed by atoms with Gasteiger partial charge in [-0.05, 0) is 30.0 Å².